The topological polar surface area (TPSA) is 52.9 Å². The lowest BCUT2D eigenvalue weighted by molar-refractivity contribution is 0.0954. The van der Waals surface area contributed by atoms with Gasteiger partial charge < -0.3 is 5.32 Å². The lowest BCUT2D eigenvalue weighted by atomic mass is 10.1. The molecule has 4 heteroatoms. The maximum absolute atomic E-state index is 13.0. The van der Waals surface area contributed by atoms with Gasteiger partial charge in [-0.1, -0.05) is 18.2 Å². The second kappa shape index (κ2) is 6.48. The molecule has 0 saturated carbocycles. The molecule has 3 nitrogen and oxygen atoms in total. The van der Waals surface area contributed by atoms with E-state index in [-0.39, 0.29) is 11.7 Å². The van der Waals surface area contributed by atoms with Gasteiger partial charge in [0.05, 0.1) is 11.6 Å². The van der Waals surface area contributed by atoms with E-state index in [1.165, 1.54) is 18.2 Å². The summed E-state index contributed by atoms with van der Waals surface area (Å²) in [7, 11) is 0. The fourth-order valence-electron chi connectivity index (χ4n) is 1.84. The molecule has 0 spiro atoms. The molecule has 0 bridgehead atoms. The van der Waals surface area contributed by atoms with Crippen molar-refractivity contribution in [1.29, 1.82) is 5.26 Å². The van der Waals surface area contributed by atoms with Gasteiger partial charge in [0.25, 0.3) is 5.91 Å². The van der Waals surface area contributed by atoms with Crippen molar-refractivity contribution in [3.05, 3.63) is 71.0 Å². The number of hydrogen-bond acceptors (Lipinski definition) is 2. The van der Waals surface area contributed by atoms with E-state index in [4.69, 9.17) is 5.26 Å². The van der Waals surface area contributed by atoms with Crippen LogP contribution in [0.4, 0.5) is 4.39 Å². The van der Waals surface area contributed by atoms with Crippen molar-refractivity contribution in [1.82, 2.24) is 5.32 Å². The molecule has 0 unspecified atom stereocenters. The molecule has 2 rings (SSSR count). The Bertz CT molecular complexity index is 662. The first-order valence-electron chi connectivity index (χ1n) is 6.22. The number of nitrogens with zero attached hydrogens (tertiary/aromatic N) is 1. The number of halogens is 1. The van der Waals surface area contributed by atoms with Gasteiger partial charge in [-0.2, -0.15) is 5.26 Å². The Balaban J connectivity index is 1.91. The maximum Gasteiger partial charge on any atom is 0.251 e. The molecule has 100 valence electrons. The summed E-state index contributed by atoms with van der Waals surface area (Å²) in [5.41, 5.74) is 1.72. The van der Waals surface area contributed by atoms with Crippen LogP contribution in [-0.4, -0.2) is 12.5 Å². The van der Waals surface area contributed by atoms with Crippen molar-refractivity contribution in [2.45, 2.75) is 6.42 Å². The van der Waals surface area contributed by atoms with Crippen LogP contribution in [0.25, 0.3) is 0 Å². The highest BCUT2D eigenvalue weighted by molar-refractivity contribution is 5.94. The van der Waals surface area contributed by atoms with E-state index in [1.807, 2.05) is 12.1 Å². The number of nitrogens with one attached hydrogen (secondary N) is 1. The highest BCUT2D eigenvalue weighted by Crippen LogP contribution is 2.05. The van der Waals surface area contributed by atoms with Crippen LogP contribution < -0.4 is 5.32 Å². The number of hydrogen-bond donors (Lipinski definition) is 1. The summed E-state index contributed by atoms with van der Waals surface area (Å²) >= 11 is 0. The van der Waals surface area contributed by atoms with Gasteiger partial charge in [0.15, 0.2) is 0 Å². The first kappa shape index (κ1) is 13.8. The quantitative estimate of drug-likeness (QED) is 0.926. The van der Waals surface area contributed by atoms with E-state index in [0.29, 0.717) is 24.1 Å². The van der Waals surface area contributed by atoms with Crippen molar-refractivity contribution >= 4 is 5.91 Å². The summed E-state index contributed by atoms with van der Waals surface area (Å²) < 4.78 is 13.0. The number of nitriles is 1. The fourth-order valence-corrected chi connectivity index (χ4v) is 1.84. The molecule has 0 fully saturated rings. The molecule has 0 saturated heterocycles. The van der Waals surface area contributed by atoms with E-state index >= 15 is 0 Å². The second-order valence-corrected chi connectivity index (χ2v) is 4.33. The SMILES string of the molecule is N#Cc1cccc(C(=O)NCCc2cccc(F)c2)c1. The van der Waals surface area contributed by atoms with Crippen LogP contribution in [0.3, 0.4) is 0 Å². The first-order valence-corrected chi connectivity index (χ1v) is 6.22. The van der Waals surface area contributed by atoms with E-state index in [1.54, 1.807) is 24.3 Å². The van der Waals surface area contributed by atoms with Gasteiger partial charge in [0.2, 0.25) is 0 Å². The Morgan fingerprint density at radius 2 is 2.00 bits per heavy atom. The van der Waals surface area contributed by atoms with Crippen molar-refractivity contribution in [2.75, 3.05) is 6.54 Å². The van der Waals surface area contributed by atoms with Gasteiger partial charge in [-0.25, -0.2) is 4.39 Å². The predicted octanol–water partition coefficient (Wildman–Crippen LogP) is 2.67. The van der Waals surface area contributed by atoms with Crippen LogP contribution in [-0.2, 0) is 6.42 Å². The van der Waals surface area contributed by atoms with E-state index in [0.717, 1.165) is 5.56 Å². The highest BCUT2D eigenvalue weighted by atomic mass is 19.1. The van der Waals surface area contributed by atoms with Crippen LogP contribution in [0.15, 0.2) is 48.5 Å². The van der Waals surface area contributed by atoms with Crippen molar-refractivity contribution in [3.63, 3.8) is 0 Å². The molecule has 1 amide bonds. The number of carbonyl (C=O) groups excluding carboxylic acids is 1. The average Bonchev–Trinajstić information content (AvgIpc) is 2.47. The first-order chi connectivity index (χ1) is 9.69. The third-order valence-corrected chi connectivity index (χ3v) is 2.84. The third kappa shape index (κ3) is 3.66. The summed E-state index contributed by atoms with van der Waals surface area (Å²) in [4.78, 5) is 11.9. The molecule has 0 heterocycles. The van der Waals surface area contributed by atoms with Crippen LogP contribution >= 0.6 is 0 Å². The predicted molar refractivity (Wildman–Crippen MR) is 73.6 cm³/mol. The Hall–Kier alpha value is -2.67. The lowest BCUT2D eigenvalue weighted by Crippen LogP contribution is -2.25. The maximum atomic E-state index is 13.0. The van der Waals surface area contributed by atoms with E-state index in [9.17, 15) is 9.18 Å². The molecule has 1 N–H and O–H groups in total. The zero-order valence-corrected chi connectivity index (χ0v) is 10.8. The summed E-state index contributed by atoms with van der Waals surface area (Å²) in [5, 5.41) is 11.5. The second-order valence-electron chi connectivity index (χ2n) is 4.33. The van der Waals surface area contributed by atoms with Crippen LogP contribution in [0.2, 0.25) is 0 Å². The van der Waals surface area contributed by atoms with Gasteiger partial charge in [-0.05, 0) is 42.3 Å². The van der Waals surface area contributed by atoms with Gasteiger partial charge in [-0.3, -0.25) is 4.79 Å². The lowest BCUT2D eigenvalue weighted by Gasteiger charge is -2.05. The van der Waals surface area contributed by atoms with Crippen LogP contribution in [0.5, 0.6) is 0 Å². The molecule has 0 aliphatic carbocycles. The number of rotatable bonds is 4. The van der Waals surface area contributed by atoms with Crippen LogP contribution in [0.1, 0.15) is 21.5 Å². The zero-order valence-electron chi connectivity index (χ0n) is 10.8. The molecule has 0 atom stereocenters. The smallest absolute Gasteiger partial charge is 0.251 e. The monoisotopic (exact) mass is 268 g/mol. The molecule has 0 aliphatic heterocycles. The highest BCUT2D eigenvalue weighted by Gasteiger charge is 2.05. The average molecular weight is 268 g/mol. The normalized spacial score (nSPS) is 9.80. The third-order valence-electron chi connectivity index (χ3n) is 2.84. The minimum Gasteiger partial charge on any atom is -0.352 e. The largest absolute Gasteiger partial charge is 0.352 e. The minimum absolute atomic E-state index is 0.237. The van der Waals surface area contributed by atoms with Gasteiger partial charge >= 0.3 is 0 Å². The standard InChI is InChI=1S/C16H13FN2O/c17-15-6-2-3-12(10-15)7-8-19-16(20)14-5-1-4-13(9-14)11-18/h1-6,9-10H,7-8H2,(H,19,20). The summed E-state index contributed by atoms with van der Waals surface area (Å²) in [6, 6.07) is 14.8. The summed E-state index contributed by atoms with van der Waals surface area (Å²) in [6.07, 6.45) is 0.557. The van der Waals surface area contributed by atoms with Gasteiger partial charge in [0, 0.05) is 12.1 Å². The van der Waals surface area contributed by atoms with Crippen molar-refractivity contribution in [3.8, 4) is 6.07 Å². The molecule has 2 aromatic rings. The Morgan fingerprint density at radius 3 is 2.75 bits per heavy atom. The molecule has 0 aliphatic rings. The Labute approximate surface area is 116 Å². The number of benzene rings is 2. The molecular formula is C16H13FN2O. The van der Waals surface area contributed by atoms with Crippen LogP contribution in [0, 0.1) is 17.1 Å². The molecule has 0 aromatic heterocycles. The molecular weight excluding hydrogens is 255 g/mol. The van der Waals surface area contributed by atoms with Gasteiger partial charge in [0.1, 0.15) is 5.82 Å². The van der Waals surface area contributed by atoms with Crippen molar-refractivity contribution < 1.29 is 9.18 Å². The van der Waals surface area contributed by atoms with Gasteiger partial charge in [-0.15, -0.1) is 0 Å². The molecule has 20 heavy (non-hydrogen) atoms. The number of amides is 1. The van der Waals surface area contributed by atoms with E-state index < -0.39 is 0 Å². The molecule has 2 aromatic carbocycles. The molecule has 0 radical (unpaired) electrons. The Kier molecular flexibility index (Phi) is 4.46. The zero-order chi connectivity index (χ0) is 14.4. The fraction of sp³-hybridized carbons (Fsp3) is 0.125. The summed E-state index contributed by atoms with van der Waals surface area (Å²) in [6.45, 7) is 0.416. The summed E-state index contributed by atoms with van der Waals surface area (Å²) in [5.74, 6) is -0.519. The Morgan fingerprint density at radius 1 is 1.20 bits per heavy atom. The van der Waals surface area contributed by atoms with Crippen molar-refractivity contribution in [2.24, 2.45) is 0 Å². The van der Waals surface area contributed by atoms with E-state index in [2.05, 4.69) is 5.32 Å². The minimum atomic E-state index is -0.282. The number of carbonyl (C=O) groups is 1.